The molecule has 0 spiro atoms. The molecule has 0 fully saturated rings. The number of carbonyl (C=O) groups excluding carboxylic acids is 2. The maximum absolute atomic E-state index is 14.0. The van der Waals surface area contributed by atoms with E-state index in [0.29, 0.717) is 22.8 Å². The Morgan fingerprint density at radius 1 is 1.08 bits per heavy atom. The van der Waals surface area contributed by atoms with Crippen LogP contribution in [-0.4, -0.2) is 48.4 Å². The third-order valence-electron chi connectivity index (χ3n) is 5.85. The first kappa shape index (κ1) is 26.3. The maximum Gasteiger partial charge on any atom is 0.277 e. The van der Waals surface area contributed by atoms with E-state index in [9.17, 15) is 28.3 Å². The van der Waals surface area contributed by atoms with E-state index in [4.69, 9.17) is 16.3 Å². The van der Waals surface area contributed by atoms with E-state index in [1.54, 1.807) is 32.2 Å². The Morgan fingerprint density at radius 2 is 1.81 bits per heavy atom. The fourth-order valence-corrected chi connectivity index (χ4v) is 4.24. The van der Waals surface area contributed by atoms with E-state index in [1.807, 2.05) is 0 Å². The summed E-state index contributed by atoms with van der Waals surface area (Å²) < 4.78 is 34.0. The summed E-state index contributed by atoms with van der Waals surface area (Å²) in [4.78, 5) is 40.8. The highest BCUT2D eigenvalue weighted by Crippen LogP contribution is 2.38. The number of benzene rings is 2. The molecule has 2 heterocycles. The number of halogens is 3. The van der Waals surface area contributed by atoms with E-state index >= 15 is 0 Å². The average molecular weight is 533 g/mol. The molecule has 0 atom stereocenters. The van der Waals surface area contributed by atoms with Gasteiger partial charge in [0.1, 0.15) is 42.3 Å². The van der Waals surface area contributed by atoms with Gasteiger partial charge in [-0.05, 0) is 44.3 Å². The van der Waals surface area contributed by atoms with Crippen LogP contribution < -0.4 is 25.4 Å². The lowest BCUT2D eigenvalue weighted by molar-refractivity contribution is -0.121. The van der Waals surface area contributed by atoms with Gasteiger partial charge in [-0.25, -0.2) is 8.78 Å². The highest BCUT2D eigenvalue weighted by atomic mass is 35.5. The van der Waals surface area contributed by atoms with Gasteiger partial charge in [0.25, 0.3) is 11.5 Å². The van der Waals surface area contributed by atoms with Crippen LogP contribution in [0.25, 0.3) is 5.69 Å². The van der Waals surface area contributed by atoms with E-state index < -0.39 is 29.7 Å². The molecular formula is C25H23ClF2N4O5. The van der Waals surface area contributed by atoms with Crippen LogP contribution in [0.15, 0.2) is 47.3 Å². The van der Waals surface area contributed by atoms with Crippen molar-refractivity contribution >= 4 is 34.8 Å². The highest BCUT2D eigenvalue weighted by Gasteiger charge is 2.33. The zero-order chi connectivity index (χ0) is 26.9. The topological polar surface area (TPSA) is 104 Å². The van der Waals surface area contributed by atoms with Gasteiger partial charge in [-0.3, -0.25) is 28.8 Å². The minimum absolute atomic E-state index is 0.0102. The van der Waals surface area contributed by atoms with Gasteiger partial charge in [-0.1, -0.05) is 11.6 Å². The van der Waals surface area contributed by atoms with Gasteiger partial charge in [-0.15, -0.1) is 0 Å². The molecule has 2 aromatic carbocycles. The molecule has 0 saturated heterocycles. The Hall–Kier alpha value is -3.80. The lowest BCUT2D eigenvalue weighted by Gasteiger charge is -2.18. The standard InChI is InChI=1S/C25H23ClF2N4O5/c1-14-7-21(37-12-15-3-4-16(27)8-18(15)28)24(26)25(36)32(14)17-5-6-19-20(9-17)31(22(34)10-29-2)13-30(19)23(35)11-33/h3-9,29,33H,10-13H2,1-2H3. The molecule has 1 aromatic heterocycles. The Balaban J connectivity index is 1.70. The molecule has 194 valence electrons. The van der Waals surface area contributed by atoms with Gasteiger partial charge in [0.15, 0.2) is 0 Å². The second-order valence-corrected chi connectivity index (χ2v) is 8.65. The molecule has 1 aliphatic rings. The summed E-state index contributed by atoms with van der Waals surface area (Å²) in [7, 11) is 1.61. The van der Waals surface area contributed by atoms with Crippen molar-refractivity contribution < 1.29 is 28.2 Å². The monoisotopic (exact) mass is 532 g/mol. The first-order valence-electron chi connectivity index (χ1n) is 11.2. The van der Waals surface area contributed by atoms with Crippen LogP contribution in [0.5, 0.6) is 5.75 Å². The number of hydrogen-bond donors (Lipinski definition) is 2. The Bertz CT molecular complexity index is 1450. The molecule has 0 aliphatic carbocycles. The van der Waals surface area contributed by atoms with Crippen molar-refractivity contribution in [3.8, 4) is 11.4 Å². The molecule has 0 radical (unpaired) electrons. The number of carbonyl (C=O) groups is 2. The van der Waals surface area contributed by atoms with Crippen LogP contribution in [0.2, 0.25) is 5.02 Å². The first-order valence-corrected chi connectivity index (χ1v) is 11.5. The molecule has 0 unspecified atom stereocenters. The number of aliphatic hydroxyl groups excluding tert-OH is 1. The minimum atomic E-state index is -0.787. The van der Waals surface area contributed by atoms with Gasteiger partial charge in [0.2, 0.25) is 5.91 Å². The fourth-order valence-electron chi connectivity index (χ4n) is 4.05. The second-order valence-electron chi connectivity index (χ2n) is 8.28. The van der Waals surface area contributed by atoms with Crippen LogP contribution in [0, 0.1) is 18.6 Å². The minimum Gasteiger partial charge on any atom is -0.487 e. The number of aryl methyl sites for hydroxylation is 1. The van der Waals surface area contributed by atoms with Gasteiger partial charge in [0.05, 0.1) is 23.6 Å². The summed E-state index contributed by atoms with van der Waals surface area (Å²) in [6.45, 7) is 0.565. The Morgan fingerprint density at radius 3 is 2.49 bits per heavy atom. The molecule has 3 aromatic rings. The molecule has 12 heteroatoms. The molecule has 9 nitrogen and oxygen atoms in total. The lowest BCUT2D eigenvalue weighted by Crippen LogP contribution is -2.42. The summed E-state index contributed by atoms with van der Waals surface area (Å²) in [5.74, 6) is -2.37. The van der Waals surface area contributed by atoms with Gasteiger partial charge in [-0.2, -0.15) is 0 Å². The SMILES string of the molecule is CNCC(=O)N1CN(C(=O)CO)c2ccc(-n3c(C)cc(OCc4ccc(F)cc4F)c(Cl)c3=O)cc21. The van der Waals surface area contributed by atoms with Crippen LogP contribution in [-0.2, 0) is 16.2 Å². The van der Waals surface area contributed by atoms with Crippen molar-refractivity contribution in [1.82, 2.24) is 9.88 Å². The molecule has 2 amide bonds. The lowest BCUT2D eigenvalue weighted by atomic mass is 10.2. The zero-order valence-corrected chi connectivity index (χ0v) is 20.7. The number of anilines is 2. The Labute approximate surface area is 215 Å². The quantitative estimate of drug-likeness (QED) is 0.485. The number of likely N-dealkylation sites (N-methyl/N-ethyl adjacent to an activating group) is 1. The number of hydrogen-bond acceptors (Lipinski definition) is 6. The molecule has 37 heavy (non-hydrogen) atoms. The normalized spacial score (nSPS) is 12.6. The largest absolute Gasteiger partial charge is 0.487 e. The van der Waals surface area contributed by atoms with Crippen molar-refractivity contribution in [3.63, 3.8) is 0 Å². The number of pyridine rings is 1. The van der Waals surface area contributed by atoms with Crippen LogP contribution in [0.1, 0.15) is 11.3 Å². The smallest absolute Gasteiger partial charge is 0.277 e. The van der Waals surface area contributed by atoms with Gasteiger partial charge < -0.3 is 15.2 Å². The first-order chi connectivity index (χ1) is 17.7. The summed E-state index contributed by atoms with van der Waals surface area (Å²) in [5.41, 5.74) is 1.06. The number of nitrogens with one attached hydrogen (secondary N) is 1. The molecule has 0 bridgehead atoms. The Kier molecular flexibility index (Phi) is 7.58. The number of ether oxygens (including phenoxy) is 1. The van der Waals surface area contributed by atoms with Crippen molar-refractivity contribution in [1.29, 1.82) is 0 Å². The molecule has 4 rings (SSSR count). The van der Waals surface area contributed by atoms with E-state index in [2.05, 4.69) is 5.32 Å². The summed E-state index contributed by atoms with van der Waals surface area (Å²) in [6, 6.07) is 9.31. The van der Waals surface area contributed by atoms with E-state index in [0.717, 1.165) is 12.1 Å². The van der Waals surface area contributed by atoms with Crippen LogP contribution >= 0.6 is 11.6 Å². The van der Waals surface area contributed by atoms with Crippen molar-refractivity contribution in [2.24, 2.45) is 0 Å². The number of rotatable bonds is 7. The molecule has 2 N–H and O–H groups in total. The third kappa shape index (κ3) is 5.06. The number of nitrogens with zero attached hydrogens (tertiary/aromatic N) is 3. The predicted molar refractivity (Wildman–Crippen MR) is 133 cm³/mol. The average Bonchev–Trinajstić information content (AvgIpc) is 3.25. The zero-order valence-electron chi connectivity index (χ0n) is 19.9. The van der Waals surface area contributed by atoms with Crippen LogP contribution in [0.3, 0.4) is 0 Å². The van der Waals surface area contributed by atoms with E-state index in [-0.39, 0.29) is 42.1 Å². The summed E-state index contributed by atoms with van der Waals surface area (Å²) in [6.07, 6.45) is 0. The summed E-state index contributed by atoms with van der Waals surface area (Å²) >= 11 is 6.31. The maximum atomic E-state index is 14.0. The van der Waals surface area contributed by atoms with Crippen molar-refractivity contribution in [2.45, 2.75) is 13.5 Å². The molecule has 0 saturated carbocycles. The van der Waals surface area contributed by atoms with Gasteiger partial charge >= 0.3 is 0 Å². The van der Waals surface area contributed by atoms with Crippen molar-refractivity contribution in [2.75, 3.05) is 36.7 Å². The highest BCUT2D eigenvalue weighted by molar-refractivity contribution is 6.31. The number of fused-ring (bicyclic) bond motifs is 1. The number of aromatic nitrogens is 1. The summed E-state index contributed by atoms with van der Waals surface area (Å²) in [5, 5.41) is 11.9. The van der Waals surface area contributed by atoms with Crippen LogP contribution in [0.4, 0.5) is 20.2 Å². The second kappa shape index (κ2) is 10.7. The van der Waals surface area contributed by atoms with Crippen molar-refractivity contribution in [3.05, 3.63) is 80.7 Å². The number of amides is 2. The molecular weight excluding hydrogens is 510 g/mol. The predicted octanol–water partition coefficient (Wildman–Crippen LogP) is 2.51. The molecule has 1 aliphatic heterocycles. The van der Waals surface area contributed by atoms with E-state index in [1.165, 1.54) is 26.5 Å². The fraction of sp³-hybridized carbons (Fsp3) is 0.240. The third-order valence-corrected chi connectivity index (χ3v) is 6.19. The van der Waals surface area contributed by atoms with Gasteiger partial charge in [0, 0.05) is 23.4 Å². The number of aliphatic hydroxyl groups is 1.